The number of ether oxygens (including phenoxy) is 5. The summed E-state index contributed by atoms with van der Waals surface area (Å²) in [4.78, 5) is 29.5. The predicted octanol–water partition coefficient (Wildman–Crippen LogP) is 6.81. The van der Waals surface area contributed by atoms with Crippen molar-refractivity contribution < 1.29 is 33.3 Å². The molecule has 13 heteroatoms. The lowest BCUT2D eigenvalue weighted by molar-refractivity contribution is -0.148. The number of ketones is 1. The number of nitrogens with zero attached hydrogens (tertiary/aromatic N) is 5. The molecule has 1 aromatic carbocycles. The molecule has 0 radical (unpaired) electrons. The first-order valence-corrected chi connectivity index (χ1v) is 16.3. The summed E-state index contributed by atoms with van der Waals surface area (Å²) in [5.74, 6) is -0.856. The second-order valence-corrected chi connectivity index (χ2v) is 11.4. The summed E-state index contributed by atoms with van der Waals surface area (Å²) >= 11 is 1.18. The average molecular weight is 668 g/mol. The third-order valence-corrected chi connectivity index (χ3v) is 8.11. The van der Waals surface area contributed by atoms with E-state index in [1.54, 1.807) is 13.0 Å². The van der Waals surface area contributed by atoms with Crippen LogP contribution in [0.4, 0.5) is 22.1 Å². The molecule has 0 aliphatic heterocycles. The fourth-order valence-corrected chi connectivity index (χ4v) is 5.18. The van der Waals surface area contributed by atoms with Gasteiger partial charge in [-0.05, 0) is 63.4 Å². The van der Waals surface area contributed by atoms with Gasteiger partial charge in [0.05, 0.1) is 76.4 Å². The van der Waals surface area contributed by atoms with Crippen molar-refractivity contribution in [3.8, 4) is 6.07 Å². The van der Waals surface area contributed by atoms with E-state index in [1.807, 2.05) is 19.1 Å². The quantitative estimate of drug-likeness (QED) is 0.0389. The maximum Gasteiger partial charge on any atom is 0.306 e. The molecule has 2 aromatic rings. The Labute approximate surface area is 281 Å². The molecule has 0 aliphatic rings. The normalized spacial score (nSPS) is 11.6. The van der Waals surface area contributed by atoms with Crippen LogP contribution in [0, 0.1) is 37.7 Å². The molecule has 0 amide bonds. The number of carbonyl (C=O) groups excluding carboxylic acids is 2. The fourth-order valence-electron chi connectivity index (χ4n) is 4.32. The van der Waals surface area contributed by atoms with Crippen molar-refractivity contribution in [2.75, 3.05) is 77.5 Å². The van der Waals surface area contributed by atoms with E-state index in [0.29, 0.717) is 86.0 Å². The van der Waals surface area contributed by atoms with Crippen molar-refractivity contribution >= 4 is 45.2 Å². The Morgan fingerprint density at radius 3 is 2.19 bits per heavy atom. The summed E-state index contributed by atoms with van der Waals surface area (Å²) < 4.78 is 27.3. The van der Waals surface area contributed by atoms with Crippen LogP contribution in [0.5, 0.6) is 0 Å². The lowest BCUT2D eigenvalue weighted by Gasteiger charge is -2.23. The summed E-state index contributed by atoms with van der Waals surface area (Å²) in [5.41, 5.74) is 3.72. The number of anilines is 1. The van der Waals surface area contributed by atoms with Gasteiger partial charge >= 0.3 is 5.97 Å². The van der Waals surface area contributed by atoms with Crippen molar-refractivity contribution in [1.82, 2.24) is 0 Å². The third kappa shape index (κ3) is 14.1. The van der Waals surface area contributed by atoms with Gasteiger partial charge in [-0.2, -0.15) is 15.5 Å². The minimum absolute atomic E-state index is 0.0495. The van der Waals surface area contributed by atoms with Crippen LogP contribution >= 0.6 is 11.3 Å². The third-order valence-electron chi connectivity index (χ3n) is 7.04. The Hall–Kier alpha value is -3.98. The van der Waals surface area contributed by atoms with Crippen LogP contribution in [-0.2, 0) is 33.3 Å². The Morgan fingerprint density at radius 1 is 1.04 bits per heavy atom. The number of nitriles is 1. The van der Waals surface area contributed by atoms with E-state index in [9.17, 15) is 14.9 Å². The number of carbonyl (C=O) groups is 2. The molecule has 254 valence electrons. The molecule has 0 bridgehead atoms. The zero-order valence-electron chi connectivity index (χ0n) is 27.8. The minimum Gasteiger partial charge on any atom is -0.463 e. The number of Topliss-reactive ketones (excluding diaryl/α,β-unsaturated/α-hetero) is 1. The molecule has 12 nitrogen and oxygen atoms in total. The Balaban J connectivity index is 1.55. The van der Waals surface area contributed by atoms with Gasteiger partial charge in [-0.1, -0.05) is 6.08 Å². The van der Waals surface area contributed by atoms with Gasteiger partial charge in [0, 0.05) is 24.7 Å². The number of rotatable bonds is 24. The molecule has 1 heterocycles. The average Bonchev–Trinajstić information content (AvgIpc) is 3.37. The van der Waals surface area contributed by atoms with Crippen molar-refractivity contribution in [3.05, 3.63) is 58.3 Å². The number of thiophene rings is 1. The number of likely N-dealkylation sites (N-methyl/N-ethyl adjacent to an activating group) is 1. The molecule has 0 fully saturated rings. The second kappa shape index (κ2) is 22.5. The molecular weight excluding hydrogens is 622 g/mol. The Morgan fingerprint density at radius 2 is 1.66 bits per heavy atom. The van der Waals surface area contributed by atoms with Gasteiger partial charge in [-0.15, -0.1) is 17.9 Å². The van der Waals surface area contributed by atoms with Crippen LogP contribution in [0.3, 0.4) is 0 Å². The SMILES string of the molecule is [C-]#[N+]c1c(N=Nc2ccc(N(CC)CCOCCOCCOCCOCCOC(=O)CC(CC=C)C(C)=O)cc2C)sc(C#N)c1C. The van der Waals surface area contributed by atoms with E-state index in [1.165, 1.54) is 18.3 Å². The van der Waals surface area contributed by atoms with Gasteiger partial charge in [0.2, 0.25) is 5.69 Å². The fraction of sp³-hybridized carbons (Fsp3) is 0.529. The monoisotopic (exact) mass is 667 g/mol. The van der Waals surface area contributed by atoms with Crippen molar-refractivity contribution in [2.24, 2.45) is 16.1 Å². The molecule has 1 atom stereocenters. The van der Waals surface area contributed by atoms with Gasteiger partial charge < -0.3 is 28.6 Å². The van der Waals surface area contributed by atoms with E-state index >= 15 is 0 Å². The summed E-state index contributed by atoms with van der Waals surface area (Å²) in [7, 11) is 0. The van der Waals surface area contributed by atoms with Crippen molar-refractivity contribution in [2.45, 2.75) is 40.5 Å². The summed E-state index contributed by atoms with van der Waals surface area (Å²) in [6.07, 6.45) is 2.13. The van der Waals surface area contributed by atoms with Gasteiger partial charge in [0.25, 0.3) is 0 Å². The van der Waals surface area contributed by atoms with Crippen molar-refractivity contribution in [3.63, 3.8) is 0 Å². The first-order chi connectivity index (χ1) is 22.7. The van der Waals surface area contributed by atoms with Crippen molar-refractivity contribution in [1.29, 1.82) is 5.26 Å². The van der Waals surface area contributed by atoms with E-state index in [2.05, 4.69) is 45.6 Å². The van der Waals surface area contributed by atoms with Gasteiger partial charge in [-0.25, -0.2) is 4.85 Å². The zero-order valence-corrected chi connectivity index (χ0v) is 28.6. The number of esters is 1. The zero-order chi connectivity index (χ0) is 34.4. The smallest absolute Gasteiger partial charge is 0.306 e. The molecule has 0 spiro atoms. The summed E-state index contributed by atoms with van der Waals surface area (Å²) in [6, 6.07) is 8.05. The highest BCUT2D eigenvalue weighted by Gasteiger charge is 2.18. The molecule has 0 N–H and O–H groups in total. The highest BCUT2D eigenvalue weighted by atomic mass is 32.1. The molecular formula is C34H45N5O7S. The lowest BCUT2D eigenvalue weighted by atomic mass is 9.97. The molecule has 1 unspecified atom stereocenters. The van der Waals surface area contributed by atoms with Crippen LogP contribution in [0.2, 0.25) is 0 Å². The molecule has 2 rings (SSSR count). The van der Waals surface area contributed by atoms with E-state index in [0.717, 1.165) is 17.8 Å². The van der Waals surface area contributed by atoms with E-state index < -0.39 is 5.97 Å². The highest BCUT2D eigenvalue weighted by molar-refractivity contribution is 7.17. The maximum absolute atomic E-state index is 11.8. The molecule has 47 heavy (non-hydrogen) atoms. The number of benzene rings is 1. The van der Waals surface area contributed by atoms with Crippen LogP contribution in [0.15, 0.2) is 41.1 Å². The first kappa shape index (κ1) is 39.2. The van der Waals surface area contributed by atoms with Crippen LogP contribution < -0.4 is 4.90 Å². The minimum atomic E-state index is -0.419. The molecule has 0 saturated carbocycles. The van der Waals surface area contributed by atoms with Gasteiger partial charge in [0.1, 0.15) is 23.5 Å². The lowest BCUT2D eigenvalue weighted by Crippen LogP contribution is -2.27. The first-order valence-electron chi connectivity index (χ1n) is 15.5. The Kier molecular flexibility index (Phi) is 18.8. The molecule has 0 saturated heterocycles. The van der Waals surface area contributed by atoms with Crippen LogP contribution in [-0.4, -0.2) is 84.3 Å². The molecule has 0 aliphatic carbocycles. The molecule has 1 aromatic heterocycles. The number of aryl methyl sites for hydroxylation is 1. The Bertz CT molecular complexity index is 1410. The number of hydrogen-bond donors (Lipinski definition) is 0. The van der Waals surface area contributed by atoms with E-state index in [4.69, 9.17) is 30.3 Å². The summed E-state index contributed by atoms with van der Waals surface area (Å²) in [6.45, 7) is 23.3. The summed E-state index contributed by atoms with van der Waals surface area (Å²) in [5, 5.41) is 18.3. The van der Waals surface area contributed by atoms with Crippen LogP contribution in [0.1, 0.15) is 42.7 Å². The number of hydrogen-bond acceptors (Lipinski definition) is 12. The predicted molar refractivity (Wildman–Crippen MR) is 181 cm³/mol. The van der Waals surface area contributed by atoms with Gasteiger partial charge in [-0.3, -0.25) is 9.59 Å². The standard InChI is InChI=1S/C34H45N5O7S/c1-7-9-28(27(5)40)23-32(41)46-21-20-45-19-18-44-17-16-43-15-14-42-13-12-39(8-2)29-10-11-30(25(3)22-29)37-38-34-33(36-6)26(4)31(24-35)47-34/h7,10-11,22,28H,1,8-9,12-21,23H2,2-5H3. The number of azo groups is 1. The largest absolute Gasteiger partial charge is 0.463 e. The van der Waals surface area contributed by atoms with Gasteiger partial charge in [0.15, 0.2) is 0 Å². The van der Waals surface area contributed by atoms with E-state index in [-0.39, 0.29) is 31.3 Å². The highest BCUT2D eigenvalue weighted by Crippen LogP contribution is 2.42. The maximum atomic E-state index is 11.8. The second-order valence-electron chi connectivity index (χ2n) is 10.4. The van der Waals surface area contributed by atoms with Crippen LogP contribution in [0.25, 0.3) is 4.85 Å². The topological polar surface area (TPSA) is 136 Å². The number of allylic oxidation sites excluding steroid dienone is 1.